The number of carbonyl (C=O) groups is 3. The van der Waals surface area contributed by atoms with Crippen molar-refractivity contribution in [2.45, 2.75) is 25.5 Å². The summed E-state index contributed by atoms with van der Waals surface area (Å²) in [5.74, 6) is -0.696. The molecule has 1 heterocycles. The summed E-state index contributed by atoms with van der Waals surface area (Å²) in [5.41, 5.74) is 0.869. The Morgan fingerprint density at radius 3 is 2.74 bits per heavy atom. The Kier molecular flexibility index (Phi) is 5.96. The molecular formula is C16H20N2O5. The van der Waals surface area contributed by atoms with Gasteiger partial charge in [-0.3, -0.25) is 14.5 Å². The SMILES string of the molecule is COC(=O)CCC1C(=O)NCCN1C(=O)OCc1ccccc1. The van der Waals surface area contributed by atoms with Crippen molar-refractivity contribution in [1.82, 2.24) is 10.2 Å². The predicted octanol–water partition coefficient (Wildman–Crippen LogP) is 1.08. The molecule has 1 N–H and O–H groups in total. The molecule has 1 aliphatic heterocycles. The van der Waals surface area contributed by atoms with E-state index in [-0.39, 0.29) is 25.4 Å². The average Bonchev–Trinajstić information content (AvgIpc) is 2.59. The van der Waals surface area contributed by atoms with Crippen molar-refractivity contribution in [2.75, 3.05) is 20.2 Å². The molecule has 1 fully saturated rings. The summed E-state index contributed by atoms with van der Waals surface area (Å²) < 4.78 is 9.84. The molecule has 1 aliphatic rings. The lowest BCUT2D eigenvalue weighted by Crippen LogP contribution is -2.57. The molecule has 7 nitrogen and oxygen atoms in total. The lowest BCUT2D eigenvalue weighted by atomic mass is 10.1. The third kappa shape index (κ3) is 4.70. The molecule has 124 valence electrons. The van der Waals surface area contributed by atoms with Crippen LogP contribution in [0.1, 0.15) is 18.4 Å². The van der Waals surface area contributed by atoms with Gasteiger partial charge in [-0.1, -0.05) is 30.3 Å². The van der Waals surface area contributed by atoms with Crippen LogP contribution in [0.4, 0.5) is 4.79 Å². The Balaban J connectivity index is 1.94. The second-order valence-corrected chi connectivity index (χ2v) is 5.16. The Morgan fingerprint density at radius 1 is 1.30 bits per heavy atom. The molecule has 1 saturated heterocycles. The molecule has 2 rings (SSSR count). The standard InChI is InChI=1S/C16H20N2O5/c1-22-14(19)8-7-13-15(20)17-9-10-18(13)16(21)23-11-12-5-3-2-4-6-12/h2-6,13H,7-11H2,1H3,(H,17,20). The number of piperazine rings is 1. The van der Waals surface area contributed by atoms with Gasteiger partial charge in [0, 0.05) is 19.5 Å². The zero-order chi connectivity index (χ0) is 16.7. The quantitative estimate of drug-likeness (QED) is 0.821. The smallest absolute Gasteiger partial charge is 0.410 e. The van der Waals surface area contributed by atoms with E-state index in [2.05, 4.69) is 10.1 Å². The van der Waals surface area contributed by atoms with Crippen LogP contribution in [0.2, 0.25) is 0 Å². The number of amides is 2. The minimum absolute atomic E-state index is 0.0665. The fraction of sp³-hybridized carbons (Fsp3) is 0.438. The summed E-state index contributed by atoms with van der Waals surface area (Å²) in [6, 6.07) is 8.58. The zero-order valence-corrected chi connectivity index (χ0v) is 13.0. The number of benzene rings is 1. The van der Waals surface area contributed by atoms with Crippen molar-refractivity contribution >= 4 is 18.0 Å². The van der Waals surface area contributed by atoms with Crippen LogP contribution in [-0.4, -0.2) is 49.1 Å². The molecular weight excluding hydrogens is 300 g/mol. The summed E-state index contributed by atoms with van der Waals surface area (Å²) in [6.45, 7) is 0.862. The van der Waals surface area contributed by atoms with E-state index in [0.717, 1.165) is 5.56 Å². The maximum atomic E-state index is 12.2. The van der Waals surface area contributed by atoms with Crippen molar-refractivity contribution in [2.24, 2.45) is 0 Å². The van der Waals surface area contributed by atoms with Crippen LogP contribution in [0.3, 0.4) is 0 Å². The number of ether oxygens (including phenoxy) is 2. The summed E-state index contributed by atoms with van der Waals surface area (Å²) in [6.07, 6.45) is -0.283. The minimum atomic E-state index is -0.717. The van der Waals surface area contributed by atoms with Crippen molar-refractivity contribution in [1.29, 1.82) is 0 Å². The van der Waals surface area contributed by atoms with Gasteiger partial charge < -0.3 is 14.8 Å². The topological polar surface area (TPSA) is 84.9 Å². The van der Waals surface area contributed by atoms with Crippen LogP contribution in [0.5, 0.6) is 0 Å². The second-order valence-electron chi connectivity index (χ2n) is 5.16. The van der Waals surface area contributed by atoms with Gasteiger partial charge in [0.2, 0.25) is 5.91 Å². The van der Waals surface area contributed by atoms with Gasteiger partial charge in [-0.25, -0.2) is 4.79 Å². The number of nitrogens with one attached hydrogen (secondary N) is 1. The van der Waals surface area contributed by atoms with Gasteiger partial charge in [0.1, 0.15) is 12.6 Å². The number of rotatable bonds is 5. The highest BCUT2D eigenvalue weighted by molar-refractivity contribution is 5.87. The van der Waals surface area contributed by atoms with Crippen molar-refractivity contribution in [3.05, 3.63) is 35.9 Å². The van der Waals surface area contributed by atoms with Gasteiger partial charge in [-0.15, -0.1) is 0 Å². The van der Waals surface area contributed by atoms with Gasteiger partial charge in [-0.05, 0) is 12.0 Å². The molecule has 0 aromatic heterocycles. The highest BCUT2D eigenvalue weighted by Gasteiger charge is 2.34. The monoisotopic (exact) mass is 320 g/mol. The fourth-order valence-electron chi connectivity index (χ4n) is 2.38. The van der Waals surface area contributed by atoms with Gasteiger partial charge in [0.15, 0.2) is 0 Å². The largest absolute Gasteiger partial charge is 0.469 e. The van der Waals surface area contributed by atoms with Crippen LogP contribution in [0, 0.1) is 0 Å². The summed E-state index contributed by atoms with van der Waals surface area (Å²) in [7, 11) is 1.29. The first-order valence-electron chi connectivity index (χ1n) is 7.43. The van der Waals surface area contributed by atoms with E-state index >= 15 is 0 Å². The normalized spacial score (nSPS) is 17.3. The molecule has 0 spiro atoms. The average molecular weight is 320 g/mol. The van der Waals surface area contributed by atoms with Gasteiger partial charge in [0.25, 0.3) is 0 Å². The first-order chi connectivity index (χ1) is 11.1. The van der Waals surface area contributed by atoms with Gasteiger partial charge in [0.05, 0.1) is 7.11 Å². The molecule has 1 aromatic carbocycles. The number of carbonyl (C=O) groups excluding carboxylic acids is 3. The number of esters is 1. The Labute approximate surface area is 134 Å². The lowest BCUT2D eigenvalue weighted by molar-refractivity contribution is -0.141. The maximum Gasteiger partial charge on any atom is 0.410 e. The minimum Gasteiger partial charge on any atom is -0.469 e. The van der Waals surface area contributed by atoms with E-state index in [1.807, 2.05) is 30.3 Å². The Hall–Kier alpha value is -2.57. The first-order valence-corrected chi connectivity index (χ1v) is 7.43. The summed E-state index contributed by atoms with van der Waals surface area (Å²) in [4.78, 5) is 36.8. The molecule has 0 aliphatic carbocycles. The van der Waals surface area contributed by atoms with E-state index in [4.69, 9.17) is 4.74 Å². The van der Waals surface area contributed by atoms with Crippen LogP contribution < -0.4 is 5.32 Å². The molecule has 0 saturated carbocycles. The van der Waals surface area contributed by atoms with E-state index in [1.54, 1.807) is 0 Å². The Bertz CT molecular complexity index is 561. The highest BCUT2D eigenvalue weighted by atomic mass is 16.6. The predicted molar refractivity (Wildman–Crippen MR) is 81.4 cm³/mol. The molecule has 2 amide bonds. The van der Waals surface area contributed by atoms with E-state index in [1.165, 1.54) is 12.0 Å². The van der Waals surface area contributed by atoms with Crippen molar-refractivity contribution in [3.63, 3.8) is 0 Å². The molecule has 0 radical (unpaired) electrons. The van der Waals surface area contributed by atoms with Gasteiger partial charge >= 0.3 is 12.1 Å². The number of nitrogens with zero attached hydrogens (tertiary/aromatic N) is 1. The second kappa shape index (κ2) is 8.17. The molecule has 1 atom stereocenters. The summed E-state index contributed by atoms with van der Waals surface area (Å²) in [5, 5.41) is 2.69. The van der Waals surface area contributed by atoms with Crippen molar-refractivity contribution in [3.8, 4) is 0 Å². The molecule has 23 heavy (non-hydrogen) atoms. The lowest BCUT2D eigenvalue weighted by Gasteiger charge is -2.34. The third-order valence-electron chi connectivity index (χ3n) is 3.62. The number of methoxy groups -OCH3 is 1. The van der Waals surface area contributed by atoms with Crippen molar-refractivity contribution < 1.29 is 23.9 Å². The fourth-order valence-corrected chi connectivity index (χ4v) is 2.38. The van der Waals surface area contributed by atoms with Gasteiger partial charge in [-0.2, -0.15) is 0 Å². The molecule has 7 heteroatoms. The van der Waals surface area contributed by atoms with E-state index in [9.17, 15) is 14.4 Å². The zero-order valence-electron chi connectivity index (χ0n) is 13.0. The number of hydrogen-bond acceptors (Lipinski definition) is 5. The third-order valence-corrected chi connectivity index (χ3v) is 3.62. The first kappa shape index (κ1) is 16.8. The van der Waals surface area contributed by atoms with E-state index < -0.39 is 18.1 Å². The Morgan fingerprint density at radius 2 is 2.04 bits per heavy atom. The van der Waals surface area contributed by atoms with Crippen LogP contribution in [0.25, 0.3) is 0 Å². The maximum absolute atomic E-state index is 12.2. The molecule has 1 unspecified atom stereocenters. The number of hydrogen-bond donors (Lipinski definition) is 1. The van der Waals surface area contributed by atoms with Crippen LogP contribution in [-0.2, 0) is 25.7 Å². The molecule has 1 aromatic rings. The van der Waals surface area contributed by atoms with Crippen LogP contribution >= 0.6 is 0 Å². The van der Waals surface area contributed by atoms with Crippen LogP contribution in [0.15, 0.2) is 30.3 Å². The van der Waals surface area contributed by atoms with E-state index in [0.29, 0.717) is 13.1 Å². The summed E-state index contributed by atoms with van der Waals surface area (Å²) >= 11 is 0. The molecule has 0 bridgehead atoms. The highest BCUT2D eigenvalue weighted by Crippen LogP contribution is 2.14.